The molecule has 1 N–H and O–H groups in total. The molecule has 1 aliphatic heterocycles. The topological polar surface area (TPSA) is 114 Å². The molecule has 2 aromatic rings. The number of carbonyl (C=O) groups excluding carboxylic acids is 2. The quantitative estimate of drug-likeness (QED) is 0.669. The number of hydrogen-bond donors (Lipinski definition) is 1. The van der Waals surface area contributed by atoms with Crippen LogP contribution in [0.4, 0.5) is 5.95 Å². The minimum Gasteiger partial charge on any atom is -0.383 e. The first-order valence-corrected chi connectivity index (χ1v) is 9.87. The van der Waals surface area contributed by atoms with Gasteiger partial charge in [-0.25, -0.2) is 9.97 Å². The lowest BCUT2D eigenvalue weighted by Gasteiger charge is -2.19. The molecule has 1 saturated heterocycles. The van der Waals surface area contributed by atoms with Crippen molar-refractivity contribution < 1.29 is 18.8 Å². The number of nitrogens with one attached hydrogen (secondary N) is 1. The molecule has 1 fully saturated rings. The summed E-state index contributed by atoms with van der Waals surface area (Å²) in [4.78, 5) is 38.2. The van der Waals surface area contributed by atoms with Gasteiger partial charge in [-0.2, -0.15) is 0 Å². The second kappa shape index (κ2) is 9.21. The van der Waals surface area contributed by atoms with Crippen LogP contribution in [-0.2, 0) is 4.74 Å². The van der Waals surface area contributed by atoms with Crippen molar-refractivity contribution in [3.63, 3.8) is 0 Å². The molecule has 2 amide bonds. The van der Waals surface area contributed by atoms with Gasteiger partial charge in [0.05, 0.1) is 23.6 Å². The molecular formula is C20H28N6O4. The van der Waals surface area contributed by atoms with E-state index in [4.69, 9.17) is 9.26 Å². The van der Waals surface area contributed by atoms with Gasteiger partial charge in [0.15, 0.2) is 0 Å². The molecule has 0 radical (unpaired) electrons. The van der Waals surface area contributed by atoms with Crippen LogP contribution < -0.4 is 10.2 Å². The number of methoxy groups -OCH3 is 1. The minimum absolute atomic E-state index is 0.0701. The number of carbonyl (C=O) groups is 2. The Kier molecular flexibility index (Phi) is 6.66. The lowest BCUT2D eigenvalue weighted by atomic mass is 9.99. The van der Waals surface area contributed by atoms with Gasteiger partial charge in [-0.3, -0.25) is 9.59 Å². The average Bonchev–Trinajstić information content (AvgIpc) is 3.34. The van der Waals surface area contributed by atoms with Gasteiger partial charge in [0, 0.05) is 53.0 Å². The lowest BCUT2D eigenvalue weighted by Crippen LogP contribution is -2.31. The van der Waals surface area contributed by atoms with Crippen molar-refractivity contribution in [3.8, 4) is 0 Å². The van der Waals surface area contributed by atoms with Crippen molar-refractivity contribution in [1.29, 1.82) is 0 Å². The van der Waals surface area contributed by atoms with E-state index in [2.05, 4.69) is 20.4 Å². The molecule has 1 atom stereocenters. The zero-order valence-electron chi connectivity index (χ0n) is 18.1. The Balaban J connectivity index is 1.84. The van der Waals surface area contributed by atoms with Crippen molar-refractivity contribution >= 4 is 17.8 Å². The number of hydrogen-bond acceptors (Lipinski definition) is 8. The molecule has 1 unspecified atom stereocenters. The fraction of sp³-hybridized carbons (Fsp3) is 0.550. The fourth-order valence-electron chi connectivity index (χ4n) is 3.56. The largest absolute Gasteiger partial charge is 0.383 e. The standard InChI is InChI=1S/C20H28N6O4/c1-12-16(13(2)30-24-12)19(28)26-8-6-14(11-26)17-15(18(27)21-7-9-29-5)10-22-20(23-17)25(3)4/h10,14H,6-9,11H2,1-5H3,(H,21,27). The normalized spacial score (nSPS) is 16.0. The Morgan fingerprint density at radius 2 is 2.13 bits per heavy atom. The van der Waals surface area contributed by atoms with Crippen LogP contribution in [0.1, 0.15) is 50.2 Å². The SMILES string of the molecule is COCCNC(=O)c1cnc(N(C)C)nc1C1CCN(C(=O)c2c(C)noc2C)C1. The van der Waals surface area contributed by atoms with Crippen molar-refractivity contribution in [2.45, 2.75) is 26.2 Å². The van der Waals surface area contributed by atoms with Gasteiger partial charge < -0.3 is 24.4 Å². The van der Waals surface area contributed by atoms with Gasteiger partial charge >= 0.3 is 0 Å². The molecule has 3 heterocycles. The molecule has 30 heavy (non-hydrogen) atoms. The van der Waals surface area contributed by atoms with Crippen molar-refractivity contribution in [2.75, 3.05) is 52.3 Å². The van der Waals surface area contributed by atoms with Gasteiger partial charge in [0.1, 0.15) is 11.3 Å². The number of aromatic nitrogens is 3. The summed E-state index contributed by atoms with van der Waals surface area (Å²) in [5.41, 5.74) is 2.16. The molecule has 3 rings (SSSR count). The highest BCUT2D eigenvalue weighted by molar-refractivity contribution is 5.97. The smallest absolute Gasteiger partial charge is 0.259 e. The highest BCUT2D eigenvalue weighted by Crippen LogP contribution is 2.30. The van der Waals surface area contributed by atoms with E-state index in [-0.39, 0.29) is 17.7 Å². The maximum Gasteiger partial charge on any atom is 0.259 e. The third kappa shape index (κ3) is 4.43. The molecule has 0 saturated carbocycles. The fourth-order valence-corrected chi connectivity index (χ4v) is 3.56. The maximum absolute atomic E-state index is 13.0. The molecule has 10 nitrogen and oxygen atoms in total. The summed E-state index contributed by atoms with van der Waals surface area (Å²) in [6.45, 7) is 5.33. The summed E-state index contributed by atoms with van der Waals surface area (Å²) in [7, 11) is 5.27. The molecule has 0 aliphatic carbocycles. The number of aryl methyl sites for hydroxylation is 2. The summed E-state index contributed by atoms with van der Waals surface area (Å²) in [5.74, 6) is 0.605. The number of amides is 2. The van der Waals surface area contributed by atoms with Crippen LogP contribution in [0.2, 0.25) is 0 Å². The Labute approximate surface area is 175 Å². The molecule has 1 aliphatic rings. The van der Waals surface area contributed by atoms with E-state index < -0.39 is 0 Å². The molecule has 162 valence electrons. The van der Waals surface area contributed by atoms with Crippen LogP contribution in [0, 0.1) is 13.8 Å². The molecule has 0 bridgehead atoms. The number of likely N-dealkylation sites (tertiary alicyclic amines) is 1. The zero-order valence-corrected chi connectivity index (χ0v) is 18.1. The first-order chi connectivity index (χ1) is 14.3. The summed E-state index contributed by atoms with van der Waals surface area (Å²) in [6, 6.07) is 0. The van der Waals surface area contributed by atoms with Gasteiger partial charge in [0.25, 0.3) is 11.8 Å². The predicted octanol–water partition coefficient (Wildman–Crippen LogP) is 1.15. The van der Waals surface area contributed by atoms with E-state index >= 15 is 0 Å². The monoisotopic (exact) mass is 416 g/mol. The summed E-state index contributed by atoms with van der Waals surface area (Å²) in [5, 5.41) is 6.70. The van der Waals surface area contributed by atoms with Gasteiger partial charge in [0.2, 0.25) is 5.95 Å². The molecular weight excluding hydrogens is 388 g/mol. The Morgan fingerprint density at radius 1 is 1.37 bits per heavy atom. The van der Waals surface area contributed by atoms with Crippen LogP contribution >= 0.6 is 0 Å². The van der Waals surface area contributed by atoms with Crippen LogP contribution in [0.5, 0.6) is 0 Å². The van der Waals surface area contributed by atoms with Crippen LogP contribution in [-0.4, -0.2) is 79.3 Å². The predicted molar refractivity (Wildman–Crippen MR) is 110 cm³/mol. The van der Waals surface area contributed by atoms with Crippen LogP contribution in [0.25, 0.3) is 0 Å². The van der Waals surface area contributed by atoms with E-state index in [1.165, 1.54) is 0 Å². The van der Waals surface area contributed by atoms with E-state index in [9.17, 15) is 9.59 Å². The van der Waals surface area contributed by atoms with Crippen molar-refractivity contribution in [3.05, 3.63) is 34.5 Å². The van der Waals surface area contributed by atoms with E-state index in [0.717, 1.165) is 0 Å². The van der Waals surface area contributed by atoms with Crippen LogP contribution in [0.3, 0.4) is 0 Å². The Morgan fingerprint density at radius 3 is 2.77 bits per heavy atom. The van der Waals surface area contributed by atoms with Gasteiger partial charge in [-0.1, -0.05) is 5.16 Å². The first kappa shape index (κ1) is 21.7. The zero-order chi connectivity index (χ0) is 21.8. The Hall–Kier alpha value is -3.01. The highest BCUT2D eigenvalue weighted by Gasteiger charge is 2.34. The van der Waals surface area contributed by atoms with Crippen molar-refractivity contribution in [2.24, 2.45) is 0 Å². The number of rotatable bonds is 7. The Bertz CT molecular complexity index is 907. The minimum atomic E-state index is -0.247. The van der Waals surface area contributed by atoms with E-state index in [0.29, 0.717) is 66.9 Å². The average molecular weight is 416 g/mol. The molecule has 0 spiro atoms. The molecule has 10 heteroatoms. The molecule has 0 aromatic carbocycles. The second-order valence-corrected chi connectivity index (χ2v) is 7.55. The van der Waals surface area contributed by atoms with E-state index in [1.54, 1.807) is 37.0 Å². The van der Waals surface area contributed by atoms with Gasteiger partial charge in [-0.05, 0) is 20.3 Å². The number of nitrogens with zero attached hydrogens (tertiary/aromatic N) is 5. The number of ether oxygens (including phenoxy) is 1. The third-order valence-electron chi connectivity index (χ3n) is 5.15. The summed E-state index contributed by atoms with van der Waals surface area (Å²) in [6.07, 6.45) is 2.26. The second-order valence-electron chi connectivity index (χ2n) is 7.55. The van der Waals surface area contributed by atoms with E-state index in [1.807, 2.05) is 14.1 Å². The highest BCUT2D eigenvalue weighted by atomic mass is 16.5. The van der Waals surface area contributed by atoms with Crippen molar-refractivity contribution in [1.82, 2.24) is 25.3 Å². The summed E-state index contributed by atoms with van der Waals surface area (Å²) < 4.78 is 10.1. The van der Waals surface area contributed by atoms with Crippen LogP contribution in [0.15, 0.2) is 10.7 Å². The maximum atomic E-state index is 13.0. The summed E-state index contributed by atoms with van der Waals surface area (Å²) >= 11 is 0. The number of anilines is 1. The van der Waals surface area contributed by atoms with Gasteiger partial charge in [-0.15, -0.1) is 0 Å². The first-order valence-electron chi connectivity index (χ1n) is 9.87. The lowest BCUT2D eigenvalue weighted by molar-refractivity contribution is 0.0788. The third-order valence-corrected chi connectivity index (χ3v) is 5.15. The molecule has 2 aromatic heterocycles.